The number of benzene rings is 2. The highest BCUT2D eigenvalue weighted by Gasteiger charge is 2.15. The summed E-state index contributed by atoms with van der Waals surface area (Å²) in [4.78, 5) is 29.7. The van der Waals surface area contributed by atoms with Gasteiger partial charge in [0.1, 0.15) is 0 Å². The number of pyridine rings is 1. The summed E-state index contributed by atoms with van der Waals surface area (Å²) in [5.74, 6) is 0.0361. The second-order valence-corrected chi connectivity index (χ2v) is 6.76. The van der Waals surface area contributed by atoms with E-state index in [0.717, 1.165) is 27.6 Å². The van der Waals surface area contributed by atoms with E-state index in [1.165, 1.54) is 0 Å². The van der Waals surface area contributed by atoms with Crippen molar-refractivity contribution in [1.82, 2.24) is 9.88 Å². The first-order valence-electron chi connectivity index (χ1n) is 8.92. The van der Waals surface area contributed by atoms with Crippen LogP contribution >= 0.6 is 0 Å². The summed E-state index contributed by atoms with van der Waals surface area (Å²) in [6.45, 7) is 6.70. The zero-order valence-corrected chi connectivity index (χ0v) is 15.5. The normalized spacial score (nSPS) is 10.9. The van der Waals surface area contributed by atoms with Crippen LogP contribution in [0.1, 0.15) is 35.6 Å². The average Bonchev–Trinajstić information content (AvgIpc) is 2.62. The number of nitrogens with one attached hydrogen (secondary N) is 1. The molecule has 0 aliphatic rings. The fourth-order valence-electron chi connectivity index (χ4n) is 3.30. The highest BCUT2D eigenvalue weighted by Crippen LogP contribution is 2.19. The van der Waals surface area contributed by atoms with Crippen molar-refractivity contribution in [2.75, 3.05) is 0 Å². The van der Waals surface area contributed by atoms with Gasteiger partial charge in [0.25, 0.3) is 5.56 Å². The van der Waals surface area contributed by atoms with E-state index in [1.54, 1.807) is 4.90 Å². The van der Waals surface area contributed by atoms with Crippen molar-refractivity contribution in [3.63, 3.8) is 0 Å². The van der Waals surface area contributed by atoms with Crippen molar-refractivity contribution in [2.45, 2.75) is 40.3 Å². The van der Waals surface area contributed by atoms with Crippen LogP contribution in [0.4, 0.5) is 0 Å². The summed E-state index contributed by atoms with van der Waals surface area (Å²) in [6.07, 6.45) is 0.413. The van der Waals surface area contributed by atoms with Crippen molar-refractivity contribution >= 4 is 16.8 Å². The Morgan fingerprint density at radius 3 is 2.46 bits per heavy atom. The summed E-state index contributed by atoms with van der Waals surface area (Å²) in [5.41, 5.74) is 4.61. The fraction of sp³-hybridized carbons (Fsp3) is 0.273. The number of aromatic nitrogens is 1. The molecule has 1 aromatic heterocycles. The minimum Gasteiger partial charge on any atom is -0.334 e. The number of hydrogen-bond donors (Lipinski definition) is 1. The second kappa shape index (κ2) is 7.56. The second-order valence-electron chi connectivity index (χ2n) is 6.76. The lowest BCUT2D eigenvalue weighted by atomic mass is 10.0. The molecule has 1 N–H and O–H groups in total. The predicted octanol–water partition coefficient (Wildman–Crippen LogP) is 4.08. The van der Waals surface area contributed by atoms with Crippen molar-refractivity contribution in [2.24, 2.45) is 0 Å². The van der Waals surface area contributed by atoms with Gasteiger partial charge < -0.3 is 9.88 Å². The zero-order chi connectivity index (χ0) is 18.7. The molecule has 26 heavy (non-hydrogen) atoms. The van der Waals surface area contributed by atoms with Crippen molar-refractivity contribution in [3.8, 4) is 0 Å². The topological polar surface area (TPSA) is 53.2 Å². The van der Waals surface area contributed by atoms with E-state index in [4.69, 9.17) is 0 Å². The molecular weight excluding hydrogens is 324 g/mol. The molecule has 0 saturated heterocycles. The molecule has 0 bridgehead atoms. The van der Waals surface area contributed by atoms with Crippen LogP contribution in [0.15, 0.2) is 53.3 Å². The Kier molecular flexibility index (Phi) is 5.21. The number of carbonyl (C=O) groups is 1. The third-order valence-corrected chi connectivity index (χ3v) is 4.62. The Hall–Kier alpha value is -2.88. The largest absolute Gasteiger partial charge is 0.334 e. The highest BCUT2D eigenvalue weighted by atomic mass is 16.2. The lowest BCUT2D eigenvalue weighted by molar-refractivity contribution is -0.132. The van der Waals surface area contributed by atoms with E-state index in [9.17, 15) is 9.59 Å². The Bertz CT molecular complexity index is 990. The van der Waals surface area contributed by atoms with Crippen molar-refractivity contribution in [3.05, 3.63) is 81.1 Å². The molecule has 2 aromatic carbocycles. The van der Waals surface area contributed by atoms with Crippen LogP contribution in [0.2, 0.25) is 0 Å². The van der Waals surface area contributed by atoms with E-state index in [0.29, 0.717) is 25.1 Å². The van der Waals surface area contributed by atoms with Crippen LogP contribution in [0.3, 0.4) is 0 Å². The Morgan fingerprint density at radius 2 is 1.77 bits per heavy atom. The van der Waals surface area contributed by atoms with E-state index in [2.05, 4.69) is 11.1 Å². The maximum Gasteiger partial charge on any atom is 0.253 e. The standard InChI is InChI=1S/C22H24N2O2/c1-4-21(25)24(13-17-8-6-5-7-9-17)14-18-12-19-16(3)10-15(2)11-20(19)23-22(18)26/h5-12H,4,13-14H2,1-3H3,(H,23,26). The number of H-pyrrole nitrogens is 1. The highest BCUT2D eigenvalue weighted by molar-refractivity contribution is 5.83. The molecule has 4 heteroatoms. The van der Waals surface area contributed by atoms with Crippen LogP contribution in [0.25, 0.3) is 10.9 Å². The Balaban J connectivity index is 1.97. The zero-order valence-electron chi connectivity index (χ0n) is 15.5. The van der Waals surface area contributed by atoms with Gasteiger partial charge in [0.15, 0.2) is 0 Å². The van der Waals surface area contributed by atoms with Crippen molar-refractivity contribution in [1.29, 1.82) is 0 Å². The minimum absolute atomic E-state index is 0.0361. The van der Waals surface area contributed by atoms with Crippen molar-refractivity contribution < 1.29 is 4.79 Å². The first-order chi connectivity index (χ1) is 12.5. The van der Waals surface area contributed by atoms with Gasteiger partial charge in [-0.3, -0.25) is 9.59 Å². The van der Waals surface area contributed by atoms with Gasteiger partial charge in [-0.1, -0.05) is 43.3 Å². The third kappa shape index (κ3) is 3.85. The minimum atomic E-state index is -0.135. The molecule has 134 valence electrons. The van der Waals surface area contributed by atoms with Crippen LogP contribution in [-0.2, 0) is 17.9 Å². The molecule has 1 amide bonds. The van der Waals surface area contributed by atoms with Gasteiger partial charge in [0.2, 0.25) is 5.91 Å². The number of nitrogens with zero attached hydrogens (tertiary/aromatic N) is 1. The van der Waals surface area contributed by atoms with Gasteiger partial charge in [0.05, 0.1) is 6.54 Å². The first-order valence-corrected chi connectivity index (χ1v) is 8.92. The smallest absolute Gasteiger partial charge is 0.253 e. The maximum absolute atomic E-state index is 12.6. The molecule has 0 aliphatic carbocycles. The van der Waals surface area contributed by atoms with Crippen LogP contribution in [0.5, 0.6) is 0 Å². The van der Waals surface area contributed by atoms with E-state index in [-0.39, 0.29) is 11.5 Å². The van der Waals surface area contributed by atoms with Gasteiger partial charge >= 0.3 is 0 Å². The van der Waals surface area contributed by atoms with Gasteiger partial charge in [-0.05, 0) is 42.7 Å². The summed E-state index contributed by atoms with van der Waals surface area (Å²) >= 11 is 0. The summed E-state index contributed by atoms with van der Waals surface area (Å²) in [5, 5.41) is 1.02. The van der Waals surface area contributed by atoms with E-state index >= 15 is 0 Å². The molecule has 0 saturated carbocycles. The Morgan fingerprint density at radius 1 is 1.04 bits per heavy atom. The monoisotopic (exact) mass is 348 g/mol. The number of aromatic amines is 1. The number of fused-ring (bicyclic) bond motifs is 1. The quantitative estimate of drug-likeness (QED) is 0.755. The van der Waals surface area contributed by atoms with Gasteiger partial charge in [-0.2, -0.15) is 0 Å². The summed E-state index contributed by atoms with van der Waals surface area (Å²) in [7, 11) is 0. The number of hydrogen-bond acceptors (Lipinski definition) is 2. The van der Waals surface area contributed by atoms with Crippen LogP contribution in [-0.4, -0.2) is 15.8 Å². The molecule has 0 fully saturated rings. The molecule has 0 atom stereocenters. The van der Waals surface area contributed by atoms with Gasteiger partial charge in [-0.25, -0.2) is 0 Å². The van der Waals surface area contributed by atoms with E-state index in [1.807, 2.05) is 63.2 Å². The lowest BCUT2D eigenvalue weighted by Gasteiger charge is -2.22. The number of aryl methyl sites for hydroxylation is 2. The molecule has 4 nitrogen and oxygen atoms in total. The average molecular weight is 348 g/mol. The molecule has 3 aromatic rings. The molecule has 1 heterocycles. The first kappa shape index (κ1) is 17.9. The molecular formula is C22H24N2O2. The van der Waals surface area contributed by atoms with Crippen LogP contribution < -0.4 is 5.56 Å². The third-order valence-electron chi connectivity index (χ3n) is 4.62. The maximum atomic E-state index is 12.6. The van der Waals surface area contributed by atoms with Gasteiger partial charge in [0, 0.05) is 29.4 Å². The molecule has 0 spiro atoms. The molecule has 0 unspecified atom stereocenters. The van der Waals surface area contributed by atoms with Gasteiger partial charge in [-0.15, -0.1) is 0 Å². The number of carbonyl (C=O) groups excluding carboxylic acids is 1. The molecule has 0 radical (unpaired) electrons. The van der Waals surface area contributed by atoms with E-state index < -0.39 is 0 Å². The predicted molar refractivity (Wildman–Crippen MR) is 105 cm³/mol. The Labute approximate surface area is 153 Å². The van der Waals surface area contributed by atoms with Crippen LogP contribution in [0, 0.1) is 13.8 Å². The number of rotatable bonds is 5. The SMILES string of the molecule is CCC(=O)N(Cc1ccccc1)Cc1cc2c(C)cc(C)cc2[nH]c1=O. The number of amides is 1. The summed E-state index contributed by atoms with van der Waals surface area (Å²) < 4.78 is 0. The lowest BCUT2D eigenvalue weighted by Crippen LogP contribution is -2.31. The molecule has 0 aliphatic heterocycles. The molecule has 3 rings (SSSR count). The fourth-order valence-corrected chi connectivity index (χ4v) is 3.30. The summed E-state index contributed by atoms with van der Waals surface area (Å²) in [6, 6.07) is 15.9.